The van der Waals surface area contributed by atoms with Crippen molar-refractivity contribution in [3.63, 3.8) is 0 Å². The SMILES string of the molecule is Cc1cccc(C(=O)N(C)Cc2ccc(N3CCOCC3)cc2)c1[N+](=O)[O-]. The average Bonchev–Trinajstić information content (AvgIpc) is 2.68. The minimum atomic E-state index is -0.493. The number of morpholine rings is 1. The standard InChI is InChI=1S/C20H23N3O4/c1-15-4-3-5-18(19(15)23(25)26)20(24)21(2)14-16-6-8-17(9-7-16)22-10-12-27-13-11-22/h3-9H,10-14H2,1-2H3. The molecule has 2 aromatic carbocycles. The van der Waals surface area contributed by atoms with Gasteiger partial charge in [0.2, 0.25) is 0 Å². The monoisotopic (exact) mass is 369 g/mol. The van der Waals surface area contributed by atoms with Gasteiger partial charge < -0.3 is 14.5 Å². The molecule has 0 N–H and O–H groups in total. The Bertz CT molecular complexity index is 830. The number of nitro groups is 1. The van der Waals surface area contributed by atoms with Crippen molar-refractivity contribution >= 4 is 17.3 Å². The first-order valence-corrected chi connectivity index (χ1v) is 8.88. The van der Waals surface area contributed by atoms with Gasteiger partial charge in [0, 0.05) is 37.9 Å². The summed E-state index contributed by atoms with van der Waals surface area (Å²) < 4.78 is 5.37. The molecule has 1 aliphatic rings. The molecule has 0 radical (unpaired) electrons. The van der Waals surface area contributed by atoms with Crippen molar-refractivity contribution in [2.45, 2.75) is 13.5 Å². The molecule has 7 heteroatoms. The third-order valence-electron chi connectivity index (χ3n) is 4.73. The van der Waals surface area contributed by atoms with E-state index in [2.05, 4.69) is 4.90 Å². The lowest BCUT2D eigenvalue weighted by molar-refractivity contribution is -0.385. The number of hydrogen-bond acceptors (Lipinski definition) is 5. The predicted octanol–water partition coefficient (Wildman–Crippen LogP) is 3.01. The van der Waals surface area contributed by atoms with Crippen LogP contribution in [0.15, 0.2) is 42.5 Å². The van der Waals surface area contributed by atoms with Crippen LogP contribution in [0.1, 0.15) is 21.5 Å². The van der Waals surface area contributed by atoms with E-state index in [9.17, 15) is 14.9 Å². The minimum Gasteiger partial charge on any atom is -0.378 e. The summed E-state index contributed by atoms with van der Waals surface area (Å²) >= 11 is 0. The molecule has 0 spiro atoms. The highest BCUT2D eigenvalue weighted by Gasteiger charge is 2.24. The summed E-state index contributed by atoms with van der Waals surface area (Å²) in [5.41, 5.74) is 2.57. The zero-order valence-electron chi connectivity index (χ0n) is 15.6. The van der Waals surface area contributed by atoms with E-state index >= 15 is 0 Å². The molecule has 1 heterocycles. The van der Waals surface area contributed by atoms with E-state index in [1.165, 1.54) is 11.0 Å². The second-order valence-corrected chi connectivity index (χ2v) is 6.66. The van der Waals surface area contributed by atoms with Crippen LogP contribution < -0.4 is 4.90 Å². The van der Waals surface area contributed by atoms with Gasteiger partial charge in [-0.05, 0) is 30.7 Å². The molecule has 142 valence electrons. The van der Waals surface area contributed by atoms with Gasteiger partial charge in [-0.3, -0.25) is 14.9 Å². The van der Waals surface area contributed by atoms with E-state index < -0.39 is 4.92 Å². The largest absolute Gasteiger partial charge is 0.378 e. The third-order valence-corrected chi connectivity index (χ3v) is 4.73. The number of carbonyl (C=O) groups is 1. The summed E-state index contributed by atoms with van der Waals surface area (Å²) in [6.45, 7) is 5.22. The first kappa shape index (κ1) is 18.8. The molecule has 0 atom stereocenters. The fourth-order valence-corrected chi connectivity index (χ4v) is 3.26. The predicted molar refractivity (Wildman–Crippen MR) is 103 cm³/mol. The van der Waals surface area contributed by atoms with Gasteiger partial charge in [0.1, 0.15) is 5.56 Å². The minimum absolute atomic E-state index is 0.118. The molecular weight excluding hydrogens is 346 g/mol. The quantitative estimate of drug-likeness (QED) is 0.598. The Kier molecular flexibility index (Phi) is 5.71. The number of rotatable bonds is 5. The summed E-state index contributed by atoms with van der Waals surface area (Å²) in [6, 6.07) is 12.9. The lowest BCUT2D eigenvalue weighted by atomic mass is 10.1. The van der Waals surface area contributed by atoms with Crippen LogP contribution in [0.5, 0.6) is 0 Å². The third kappa shape index (κ3) is 4.25. The van der Waals surface area contributed by atoms with Gasteiger partial charge in [-0.25, -0.2) is 0 Å². The molecule has 0 unspecified atom stereocenters. The fourth-order valence-electron chi connectivity index (χ4n) is 3.26. The molecule has 7 nitrogen and oxygen atoms in total. The topological polar surface area (TPSA) is 75.9 Å². The van der Waals surface area contributed by atoms with Crippen molar-refractivity contribution in [2.24, 2.45) is 0 Å². The number of nitro benzene ring substituents is 1. The zero-order valence-corrected chi connectivity index (χ0v) is 15.6. The maximum Gasteiger partial charge on any atom is 0.285 e. The van der Waals surface area contributed by atoms with Crippen LogP contribution in [-0.2, 0) is 11.3 Å². The van der Waals surface area contributed by atoms with Crippen LogP contribution in [0, 0.1) is 17.0 Å². The van der Waals surface area contributed by atoms with Crippen LogP contribution in [0.4, 0.5) is 11.4 Å². The Labute approximate surface area is 158 Å². The van der Waals surface area contributed by atoms with Crippen molar-refractivity contribution in [3.8, 4) is 0 Å². The summed E-state index contributed by atoms with van der Waals surface area (Å²) in [4.78, 5) is 27.4. The van der Waals surface area contributed by atoms with Crippen molar-refractivity contribution in [1.82, 2.24) is 4.90 Å². The second kappa shape index (κ2) is 8.18. The van der Waals surface area contributed by atoms with E-state index in [0.29, 0.717) is 12.1 Å². The lowest BCUT2D eigenvalue weighted by Gasteiger charge is -2.29. The highest BCUT2D eigenvalue weighted by Crippen LogP contribution is 2.25. The smallest absolute Gasteiger partial charge is 0.285 e. The van der Waals surface area contributed by atoms with Crippen molar-refractivity contribution < 1.29 is 14.5 Å². The number of anilines is 1. The van der Waals surface area contributed by atoms with Crippen molar-refractivity contribution in [2.75, 3.05) is 38.3 Å². The fraction of sp³-hybridized carbons (Fsp3) is 0.350. The van der Waals surface area contributed by atoms with Gasteiger partial charge in [0.25, 0.3) is 11.6 Å². The molecule has 1 aliphatic heterocycles. The van der Waals surface area contributed by atoms with Gasteiger partial charge in [-0.2, -0.15) is 0 Å². The Hall–Kier alpha value is -2.93. The summed E-state index contributed by atoms with van der Waals surface area (Å²) in [6.07, 6.45) is 0. The molecule has 0 saturated carbocycles. The van der Waals surface area contributed by atoms with E-state index in [-0.39, 0.29) is 17.2 Å². The van der Waals surface area contributed by atoms with Crippen LogP contribution in [0.2, 0.25) is 0 Å². The molecule has 0 bridgehead atoms. The number of carbonyl (C=O) groups excluding carboxylic acids is 1. The maximum atomic E-state index is 12.7. The molecule has 1 amide bonds. The Balaban J connectivity index is 1.72. The number of aryl methyl sites for hydroxylation is 1. The van der Waals surface area contributed by atoms with Crippen LogP contribution in [0.3, 0.4) is 0 Å². The number of nitrogens with zero attached hydrogens (tertiary/aromatic N) is 3. The Morgan fingerprint density at radius 1 is 1.19 bits per heavy atom. The second-order valence-electron chi connectivity index (χ2n) is 6.66. The van der Waals surface area contributed by atoms with E-state index in [0.717, 1.165) is 37.6 Å². The molecule has 1 saturated heterocycles. The van der Waals surface area contributed by atoms with Gasteiger partial charge in [-0.1, -0.05) is 24.3 Å². The maximum absolute atomic E-state index is 12.7. The molecule has 0 aromatic heterocycles. The molecule has 0 aliphatic carbocycles. The number of benzene rings is 2. The zero-order chi connectivity index (χ0) is 19.4. The molecule has 2 aromatic rings. The molecule has 1 fully saturated rings. The number of para-hydroxylation sites is 1. The highest BCUT2D eigenvalue weighted by molar-refractivity contribution is 5.98. The Morgan fingerprint density at radius 3 is 2.48 bits per heavy atom. The van der Waals surface area contributed by atoms with Crippen LogP contribution in [-0.4, -0.2) is 49.1 Å². The number of ether oxygens (including phenoxy) is 1. The van der Waals surface area contributed by atoms with Gasteiger partial charge in [-0.15, -0.1) is 0 Å². The Morgan fingerprint density at radius 2 is 1.85 bits per heavy atom. The first-order valence-electron chi connectivity index (χ1n) is 8.88. The lowest BCUT2D eigenvalue weighted by Crippen LogP contribution is -2.36. The summed E-state index contributed by atoms with van der Waals surface area (Å²) in [7, 11) is 1.66. The van der Waals surface area contributed by atoms with Gasteiger partial charge in [0.15, 0.2) is 0 Å². The van der Waals surface area contributed by atoms with Gasteiger partial charge in [0.05, 0.1) is 18.1 Å². The number of amides is 1. The number of hydrogen-bond donors (Lipinski definition) is 0. The highest BCUT2D eigenvalue weighted by atomic mass is 16.6. The first-order chi connectivity index (χ1) is 13.0. The van der Waals surface area contributed by atoms with Gasteiger partial charge >= 0.3 is 0 Å². The van der Waals surface area contributed by atoms with Crippen molar-refractivity contribution in [1.29, 1.82) is 0 Å². The summed E-state index contributed by atoms with van der Waals surface area (Å²) in [5, 5.41) is 11.3. The van der Waals surface area contributed by atoms with Crippen LogP contribution >= 0.6 is 0 Å². The molecular formula is C20H23N3O4. The van der Waals surface area contributed by atoms with Crippen molar-refractivity contribution in [3.05, 3.63) is 69.3 Å². The van der Waals surface area contributed by atoms with E-state index in [4.69, 9.17) is 4.74 Å². The van der Waals surface area contributed by atoms with E-state index in [1.807, 2.05) is 24.3 Å². The average molecular weight is 369 g/mol. The van der Waals surface area contributed by atoms with Crippen LogP contribution in [0.25, 0.3) is 0 Å². The normalized spacial score (nSPS) is 14.1. The summed E-state index contributed by atoms with van der Waals surface area (Å²) in [5.74, 6) is -0.359. The van der Waals surface area contributed by atoms with E-state index in [1.54, 1.807) is 26.1 Å². The molecule has 3 rings (SSSR count). The molecule has 27 heavy (non-hydrogen) atoms.